The summed E-state index contributed by atoms with van der Waals surface area (Å²) in [4.78, 5) is 16.7. The van der Waals surface area contributed by atoms with Crippen molar-refractivity contribution in [3.05, 3.63) is 81.3 Å². The molecule has 17 heteroatoms. The van der Waals surface area contributed by atoms with Crippen molar-refractivity contribution in [1.29, 1.82) is 0 Å². The second-order valence-corrected chi connectivity index (χ2v) is 9.04. The molecule has 4 rings (SSSR count). The van der Waals surface area contributed by atoms with Crippen LogP contribution in [0.1, 0.15) is 24.1 Å². The van der Waals surface area contributed by atoms with E-state index in [1.165, 1.54) is 30.3 Å². The highest BCUT2D eigenvalue weighted by Crippen LogP contribution is 2.36. The van der Waals surface area contributed by atoms with E-state index in [0.717, 1.165) is 12.1 Å². The van der Waals surface area contributed by atoms with Gasteiger partial charge >= 0.3 is 24.0 Å². The fraction of sp³-hybridized carbons (Fsp3) is 0.304. The molecule has 40 heavy (non-hydrogen) atoms. The standard InChI is InChI=1S/C23H17ClF8N6O2/c1-21(25,26)19-33-17(34-38(19)15-5-3-2-4-14(15)22(27,28)29)11-37-20(40)36(10-16(39)23(30,31)32)18(35-37)12-6-8-13(24)9-7-12/h2-9,16,39H,10-11H2,1H3. The van der Waals surface area contributed by atoms with Crippen molar-refractivity contribution >= 4 is 11.6 Å². The minimum Gasteiger partial charge on any atom is -0.382 e. The molecule has 0 bridgehead atoms. The van der Waals surface area contributed by atoms with Crippen molar-refractivity contribution in [3.8, 4) is 17.1 Å². The molecule has 1 unspecified atom stereocenters. The van der Waals surface area contributed by atoms with Crippen molar-refractivity contribution in [2.45, 2.75) is 44.4 Å². The van der Waals surface area contributed by atoms with Crippen LogP contribution >= 0.6 is 11.6 Å². The van der Waals surface area contributed by atoms with Crippen molar-refractivity contribution in [3.63, 3.8) is 0 Å². The van der Waals surface area contributed by atoms with E-state index in [2.05, 4.69) is 15.2 Å². The Hall–Kier alpha value is -3.79. The normalized spacial score (nSPS) is 13.6. The van der Waals surface area contributed by atoms with Gasteiger partial charge in [-0.05, 0) is 36.4 Å². The minimum atomic E-state index is -5.09. The number of hydrogen-bond acceptors (Lipinski definition) is 5. The zero-order valence-electron chi connectivity index (χ0n) is 20.1. The van der Waals surface area contributed by atoms with Gasteiger partial charge < -0.3 is 5.11 Å². The fourth-order valence-electron chi connectivity index (χ4n) is 3.70. The third-order valence-electron chi connectivity index (χ3n) is 5.53. The number of hydrogen-bond donors (Lipinski definition) is 1. The molecule has 8 nitrogen and oxygen atoms in total. The van der Waals surface area contributed by atoms with Gasteiger partial charge in [-0.1, -0.05) is 23.7 Å². The third-order valence-corrected chi connectivity index (χ3v) is 5.78. The van der Waals surface area contributed by atoms with E-state index in [0.29, 0.717) is 22.2 Å². The molecule has 214 valence electrons. The number of alkyl halides is 8. The second kappa shape index (κ2) is 10.3. The molecule has 0 saturated heterocycles. The highest BCUT2D eigenvalue weighted by atomic mass is 35.5. The second-order valence-electron chi connectivity index (χ2n) is 8.61. The molecule has 0 aliphatic rings. The molecule has 0 spiro atoms. The van der Waals surface area contributed by atoms with Crippen molar-refractivity contribution in [2.24, 2.45) is 0 Å². The van der Waals surface area contributed by atoms with Crippen molar-refractivity contribution in [2.75, 3.05) is 0 Å². The summed E-state index contributed by atoms with van der Waals surface area (Å²) in [7, 11) is 0. The Morgan fingerprint density at radius 1 is 0.950 bits per heavy atom. The Balaban J connectivity index is 1.83. The third kappa shape index (κ3) is 6.01. The van der Waals surface area contributed by atoms with Crippen LogP contribution in [0.5, 0.6) is 0 Å². The maximum atomic E-state index is 14.4. The molecule has 2 heterocycles. The Bertz CT molecular complexity index is 1570. The zero-order valence-corrected chi connectivity index (χ0v) is 20.8. The van der Waals surface area contributed by atoms with Crippen molar-refractivity contribution < 1.29 is 40.2 Å². The van der Waals surface area contributed by atoms with E-state index >= 15 is 0 Å². The average Bonchev–Trinajstić information content (AvgIpc) is 3.41. The van der Waals surface area contributed by atoms with E-state index in [-0.39, 0.29) is 21.1 Å². The van der Waals surface area contributed by atoms with Gasteiger partial charge in [-0.15, -0.1) is 10.2 Å². The van der Waals surface area contributed by atoms with Crippen LogP contribution < -0.4 is 5.69 Å². The zero-order chi connectivity index (χ0) is 29.6. The number of nitrogens with zero attached hydrogens (tertiary/aromatic N) is 6. The monoisotopic (exact) mass is 596 g/mol. The molecule has 2 aromatic carbocycles. The van der Waals surface area contributed by atoms with Gasteiger partial charge in [0.2, 0.25) is 5.82 Å². The van der Waals surface area contributed by atoms with Gasteiger partial charge in [-0.2, -0.15) is 35.1 Å². The van der Waals surface area contributed by atoms with Gasteiger partial charge in [0.1, 0.15) is 6.54 Å². The fourth-order valence-corrected chi connectivity index (χ4v) is 3.83. The summed E-state index contributed by atoms with van der Waals surface area (Å²) >= 11 is 5.84. The first-order valence-corrected chi connectivity index (χ1v) is 11.5. The van der Waals surface area contributed by atoms with Crippen molar-refractivity contribution in [1.82, 2.24) is 29.1 Å². The predicted octanol–water partition coefficient (Wildman–Crippen LogP) is 5.05. The molecule has 0 aliphatic carbocycles. The Kier molecular flexibility index (Phi) is 7.53. The number of aliphatic hydroxyl groups excluding tert-OH is 1. The largest absolute Gasteiger partial charge is 0.418 e. The van der Waals surface area contributed by atoms with Crippen LogP contribution in [0.25, 0.3) is 17.1 Å². The topological polar surface area (TPSA) is 90.8 Å². The maximum Gasteiger partial charge on any atom is 0.418 e. The first-order valence-electron chi connectivity index (χ1n) is 11.2. The van der Waals surface area contributed by atoms with E-state index < -0.39 is 66.1 Å². The molecule has 0 saturated carbocycles. The lowest BCUT2D eigenvalue weighted by Crippen LogP contribution is -2.37. The molecule has 0 amide bonds. The van der Waals surface area contributed by atoms with Crippen LogP contribution in [0.2, 0.25) is 5.02 Å². The lowest BCUT2D eigenvalue weighted by Gasteiger charge is -2.16. The predicted molar refractivity (Wildman–Crippen MR) is 124 cm³/mol. The van der Waals surface area contributed by atoms with E-state index in [4.69, 9.17) is 11.6 Å². The maximum absolute atomic E-state index is 14.4. The molecular weight excluding hydrogens is 580 g/mol. The summed E-state index contributed by atoms with van der Waals surface area (Å²) in [6.07, 6.45) is -13.0. The van der Waals surface area contributed by atoms with Crippen LogP contribution in [0.3, 0.4) is 0 Å². The van der Waals surface area contributed by atoms with Crippen LogP contribution in [0.4, 0.5) is 35.1 Å². The molecular formula is C23H17ClF8N6O2. The Morgan fingerprint density at radius 3 is 2.15 bits per heavy atom. The number of rotatable bonds is 7. The van der Waals surface area contributed by atoms with E-state index in [1.807, 2.05) is 0 Å². The number of para-hydroxylation sites is 1. The summed E-state index contributed by atoms with van der Waals surface area (Å²) < 4.78 is 110. The molecule has 0 fully saturated rings. The molecule has 0 aliphatic heterocycles. The molecule has 4 aromatic rings. The smallest absolute Gasteiger partial charge is 0.382 e. The highest BCUT2D eigenvalue weighted by Gasteiger charge is 2.40. The van der Waals surface area contributed by atoms with Crippen LogP contribution in [-0.2, 0) is 25.2 Å². The first kappa shape index (κ1) is 29.2. The molecule has 2 aromatic heterocycles. The minimum absolute atomic E-state index is 0.119. The van der Waals surface area contributed by atoms with Crippen LogP contribution in [0, 0.1) is 0 Å². The SMILES string of the molecule is CC(F)(F)c1nc(Cn2nc(-c3ccc(Cl)cc3)n(CC(O)C(F)(F)F)c2=O)nn1-c1ccccc1C(F)(F)F. The molecule has 1 N–H and O–H groups in total. The number of aliphatic hydroxyl groups is 1. The molecule has 1 atom stereocenters. The average molecular weight is 597 g/mol. The van der Waals surface area contributed by atoms with Gasteiger partial charge in [0, 0.05) is 17.5 Å². The summed E-state index contributed by atoms with van der Waals surface area (Å²) in [5, 5.41) is 17.5. The van der Waals surface area contributed by atoms with Gasteiger partial charge in [-0.25, -0.2) is 19.1 Å². The van der Waals surface area contributed by atoms with Gasteiger partial charge in [0.25, 0.3) is 0 Å². The lowest BCUT2D eigenvalue weighted by atomic mass is 10.1. The summed E-state index contributed by atoms with van der Waals surface area (Å²) in [6, 6.07) is 9.17. The summed E-state index contributed by atoms with van der Waals surface area (Å²) in [5.74, 6) is -5.90. The Labute approximate surface area is 224 Å². The number of benzene rings is 2. The van der Waals surface area contributed by atoms with Crippen LogP contribution in [-0.4, -0.2) is 46.5 Å². The Morgan fingerprint density at radius 2 is 1.57 bits per heavy atom. The van der Waals surface area contributed by atoms with Gasteiger partial charge in [-0.3, -0.25) is 4.57 Å². The van der Waals surface area contributed by atoms with Gasteiger partial charge in [0.15, 0.2) is 17.8 Å². The number of halogens is 9. The molecule has 0 radical (unpaired) electrons. The highest BCUT2D eigenvalue weighted by molar-refractivity contribution is 6.30. The number of aromatic nitrogens is 6. The first-order chi connectivity index (χ1) is 18.5. The van der Waals surface area contributed by atoms with E-state index in [1.54, 1.807) is 0 Å². The lowest BCUT2D eigenvalue weighted by molar-refractivity contribution is -0.207. The van der Waals surface area contributed by atoms with Gasteiger partial charge in [0.05, 0.1) is 17.8 Å². The van der Waals surface area contributed by atoms with Crippen LogP contribution in [0.15, 0.2) is 53.3 Å². The summed E-state index contributed by atoms with van der Waals surface area (Å²) in [6.45, 7) is -1.69. The summed E-state index contributed by atoms with van der Waals surface area (Å²) in [5.41, 5.74) is -3.14. The quantitative estimate of drug-likeness (QED) is 0.302. The van der Waals surface area contributed by atoms with E-state index in [9.17, 15) is 45.0 Å².